The van der Waals surface area contributed by atoms with Crippen LogP contribution in [0.4, 0.5) is 11.5 Å². The highest BCUT2D eigenvalue weighted by Gasteiger charge is 2.48. The summed E-state index contributed by atoms with van der Waals surface area (Å²) in [7, 11) is 1.68. The summed E-state index contributed by atoms with van der Waals surface area (Å²) in [6.45, 7) is 2.18. The van der Waals surface area contributed by atoms with E-state index in [0.29, 0.717) is 40.9 Å². The van der Waals surface area contributed by atoms with E-state index in [1.54, 1.807) is 13.2 Å². The van der Waals surface area contributed by atoms with Gasteiger partial charge in [-0.05, 0) is 18.6 Å². The van der Waals surface area contributed by atoms with E-state index in [2.05, 4.69) is 25.6 Å². The maximum Gasteiger partial charge on any atom is 0.296 e. The Hall–Kier alpha value is -2.96. The van der Waals surface area contributed by atoms with Gasteiger partial charge < -0.3 is 45.1 Å². The third-order valence-electron chi connectivity index (χ3n) is 6.18. The van der Waals surface area contributed by atoms with Crippen molar-refractivity contribution in [1.29, 1.82) is 5.41 Å². The van der Waals surface area contributed by atoms with E-state index in [-0.39, 0.29) is 37.5 Å². The van der Waals surface area contributed by atoms with Crippen molar-refractivity contribution in [2.45, 2.75) is 30.8 Å². The molecule has 192 valence electrons. The molecule has 0 unspecified atom stereocenters. The first-order valence-electron chi connectivity index (χ1n) is 11.8. The number of aliphatic hydroxyl groups is 1. The Morgan fingerprint density at radius 3 is 2.92 bits per heavy atom. The van der Waals surface area contributed by atoms with Crippen molar-refractivity contribution in [2.75, 3.05) is 50.7 Å². The van der Waals surface area contributed by atoms with E-state index in [0.717, 1.165) is 24.2 Å². The van der Waals surface area contributed by atoms with Crippen LogP contribution in [0.25, 0.3) is 11.2 Å². The van der Waals surface area contributed by atoms with Crippen LogP contribution in [-0.2, 0) is 14.2 Å². The van der Waals surface area contributed by atoms with Crippen LogP contribution in [0, 0.1) is 5.41 Å². The van der Waals surface area contributed by atoms with Crippen molar-refractivity contribution in [1.82, 2.24) is 15.0 Å². The third kappa shape index (κ3) is 5.25. The van der Waals surface area contributed by atoms with Crippen LogP contribution in [0.15, 0.2) is 30.3 Å². The second-order valence-corrected chi connectivity index (χ2v) is 9.11. The number of aliphatic hydroxyl groups excluding tert-OH is 1. The number of nitrogens with zero attached hydrogens (tertiary/aromatic N) is 2. The van der Waals surface area contributed by atoms with Crippen LogP contribution in [0.1, 0.15) is 12.0 Å². The first-order valence-corrected chi connectivity index (χ1v) is 12.2. The maximum atomic E-state index is 9.91. The lowest BCUT2D eigenvalue weighted by molar-refractivity contribution is 0.00706. The van der Waals surface area contributed by atoms with Crippen LogP contribution in [0.3, 0.4) is 0 Å². The Labute approximate surface area is 213 Å². The fourth-order valence-electron chi connectivity index (χ4n) is 4.37. The number of imidazole rings is 1. The summed E-state index contributed by atoms with van der Waals surface area (Å²) in [5.74, 6) is 0.420. The zero-order valence-electron chi connectivity index (χ0n) is 19.8. The Kier molecular flexibility index (Phi) is 7.54. The normalized spacial score (nSPS) is 23.1. The molecule has 2 saturated heterocycles. The SMILES string of the molecule is COCCCNc1ccccc1C(=N)CNc1nc2nc(O[C@@H]3CO[C@H]4[C@@H]3OC[C@H]4O)[nH]c2cc1Cl. The number of fused-ring (bicyclic) bond motifs is 2. The molecular weight excluding hydrogens is 488 g/mol. The van der Waals surface area contributed by atoms with Gasteiger partial charge in [-0.1, -0.05) is 29.8 Å². The van der Waals surface area contributed by atoms with E-state index >= 15 is 0 Å². The standard InChI is InChI=1S/C24H29ClN6O5/c1-33-8-4-7-27-16-6-3-2-5-13(16)15(26)10-28-22-14(25)9-17-23(30-22)31-24(29-17)36-19-12-35-20-18(32)11-34-21(19)20/h2-3,5-6,9,18-21,26-27,32H,4,7-8,10-12H2,1H3,(H2,28,29,30,31)/t18-,19-,20-,21-/m1/s1. The average Bonchev–Trinajstić information content (AvgIpc) is 3.57. The topological polar surface area (TPSA) is 147 Å². The number of H-pyrrole nitrogens is 1. The number of benzene rings is 1. The van der Waals surface area contributed by atoms with E-state index in [1.807, 2.05) is 24.3 Å². The van der Waals surface area contributed by atoms with E-state index < -0.39 is 6.10 Å². The van der Waals surface area contributed by atoms with Crippen molar-refractivity contribution in [2.24, 2.45) is 0 Å². The minimum atomic E-state index is -0.648. The monoisotopic (exact) mass is 516 g/mol. The first kappa shape index (κ1) is 24.7. The second kappa shape index (κ2) is 11.0. The third-order valence-corrected chi connectivity index (χ3v) is 6.46. The van der Waals surface area contributed by atoms with Gasteiger partial charge in [0.2, 0.25) is 0 Å². The number of nitrogens with one attached hydrogen (secondary N) is 4. The lowest BCUT2D eigenvalue weighted by atomic mass is 10.1. The van der Waals surface area contributed by atoms with Gasteiger partial charge in [-0.2, -0.15) is 4.98 Å². The quantitative estimate of drug-likeness (QED) is 0.191. The largest absolute Gasteiger partial charge is 0.456 e. The van der Waals surface area contributed by atoms with Gasteiger partial charge in [0, 0.05) is 31.5 Å². The molecule has 36 heavy (non-hydrogen) atoms. The second-order valence-electron chi connectivity index (χ2n) is 8.70. The molecule has 0 amide bonds. The molecule has 5 rings (SSSR count). The lowest BCUT2D eigenvalue weighted by Gasteiger charge is -2.15. The van der Waals surface area contributed by atoms with Crippen molar-refractivity contribution >= 4 is 40.0 Å². The van der Waals surface area contributed by atoms with Gasteiger partial charge in [0.1, 0.15) is 24.1 Å². The molecule has 0 spiro atoms. The number of anilines is 2. The number of hydrogen-bond acceptors (Lipinski definition) is 10. The molecule has 2 aromatic heterocycles. The Morgan fingerprint density at radius 1 is 1.22 bits per heavy atom. The van der Waals surface area contributed by atoms with Gasteiger partial charge >= 0.3 is 0 Å². The minimum absolute atomic E-state index is 0.227. The molecule has 0 saturated carbocycles. The predicted octanol–water partition coefficient (Wildman–Crippen LogP) is 2.45. The smallest absolute Gasteiger partial charge is 0.296 e. The van der Waals surface area contributed by atoms with Crippen molar-refractivity contribution in [3.8, 4) is 6.01 Å². The Balaban J connectivity index is 1.23. The molecule has 0 aliphatic carbocycles. The number of methoxy groups -OCH3 is 1. The van der Waals surface area contributed by atoms with Crippen LogP contribution >= 0.6 is 11.6 Å². The fraction of sp³-hybridized carbons (Fsp3) is 0.458. The van der Waals surface area contributed by atoms with Crippen molar-refractivity contribution in [3.05, 3.63) is 40.9 Å². The van der Waals surface area contributed by atoms with E-state index in [4.69, 9.17) is 36.0 Å². The summed E-state index contributed by atoms with van der Waals surface area (Å²) < 4.78 is 22.2. The molecule has 5 N–H and O–H groups in total. The van der Waals surface area contributed by atoms with Gasteiger partial charge in [0.05, 0.1) is 36.0 Å². The van der Waals surface area contributed by atoms with Gasteiger partial charge in [0.15, 0.2) is 11.8 Å². The fourth-order valence-corrected chi connectivity index (χ4v) is 4.59. The maximum absolute atomic E-state index is 9.91. The molecule has 0 bridgehead atoms. The number of pyridine rings is 1. The summed E-state index contributed by atoms with van der Waals surface area (Å²) in [5.41, 5.74) is 3.12. The molecule has 2 aliphatic rings. The lowest BCUT2D eigenvalue weighted by Crippen LogP contribution is -2.34. The predicted molar refractivity (Wildman–Crippen MR) is 136 cm³/mol. The summed E-state index contributed by atoms with van der Waals surface area (Å²) in [4.78, 5) is 12.0. The number of ether oxygens (including phenoxy) is 4. The zero-order valence-corrected chi connectivity index (χ0v) is 20.5. The minimum Gasteiger partial charge on any atom is -0.456 e. The highest BCUT2D eigenvalue weighted by Crippen LogP contribution is 2.31. The zero-order chi connectivity index (χ0) is 25.1. The van der Waals surface area contributed by atoms with Crippen molar-refractivity contribution in [3.63, 3.8) is 0 Å². The first-order chi connectivity index (χ1) is 17.5. The molecule has 1 aromatic carbocycles. The molecule has 2 fully saturated rings. The number of rotatable bonds is 11. The number of para-hydroxylation sites is 1. The van der Waals surface area contributed by atoms with Crippen LogP contribution in [-0.4, -0.2) is 90.2 Å². The molecular formula is C24H29ClN6O5. The van der Waals surface area contributed by atoms with Gasteiger partial charge in [-0.15, -0.1) is 0 Å². The van der Waals surface area contributed by atoms with Gasteiger partial charge in [-0.25, -0.2) is 4.98 Å². The van der Waals surface area contributed by atoms with Gasteiger partial charge in [-0.3, -0.25) is 0 Å². The molecule has 3 aromatic rings. The molecule has 4 heterocycles. The van der Waals surface area contributed by atoms with E-state index in [9.17, 15) is 5.11 Å². The highest BCUT2D eigenvalue weighted by atomic mass is 35.5. The van der Waals surface area contributed by atoms with Crippen molar-refractivity contribution < 1.29 is 24.1 Å². The molecule has 12 heteroatoms. The number of aromatic amines is 1. The number of hydrogen-bond donors (Lipinski definition) is 5. The van der Waals surface area contributed by atoms with Gasteiger partial charge in [0.25, 0.3) is 6.01 Å². The summed E-state index contributed by atoms with van der Waals surface area (Å²) >= 11 is 6.45. The Bertz CT molecular complexity index is 1220. The average molecular weight is 517 g/mol. The van der Waals surface area contributed by atoms with E-state index in [1.165, 1.54) is 0 Å². The molecule has 2 aliphatic heterocycles. The molecule has 11 nitrogen and oxygen atoms in total. The summed E-state index contributed by atoms with van der Waals surface area (Å²) in [6.07, 6.45) is -0.890. The summed E-state index contributed by atoms with van der Waals surface area (Å²) in [5, 5.41) is 25.4. The number of aromatic nitrogens is 3. The van der Waals surface area contributed by atoms with Crippen LogP contribution in [0.5, 0.6) is 6.01 Å². The summed E-state index contributed by atoms with van der Waals surface area (Å²) in [6, 6.07) is 9.68. The Morgan fingerprint density at radius 2 is 2.06 bits per heavy atom. The number of halogens is 1. The molecule has 4 atom stereocenters. The molecule has 0 radical (unpaired) electrons. The van der Waals surface area contributed by atoms with Crippen LogP contribution in [0.2, 0.25) is 5.02 Å². The highest BCUT2D eigenvalue weighted by molar-refractivity contribution is 6.33. The van der Waals surface area contributed by atoms with Crippen LogP contribution < -0.4 is 15.4 Å².